The first-order valence-corrected chi connectivity index (χ1v) is 10.8. The zero-order valence-electron chi connectivity index (χ0n) is 15.5. The van der Waals surface area contributed by atoms with Gasteiger partial charge in [0, 0.05) is 18.0 Å². The van der Waals surface area contributed by atoms with Crippen molar-refractivity contribution in [1.82, 2.24) is 5.32 Å². The summed E-state index contributed by atoms with van der Waals surface area (Å²) < 4.78 is 18.5. The Hall–Kier alpha value is -1.83. The lowest BCUT2D eigenvalue weighted by Gasteiger charge is -2.12. The maximum atomic E-state index is 13.5. The number of anilines is 1. The Labute approximate surface area is 179 Å². The smallest absolute Gasteiger partial charge is 0.339 e. The maximum Gasteiger partial charge on any atom is 0.339 e. The van der Waals surface area contributed by atoms with E-state index in [2.05, 4.69) is 10.6 Å². The molecule has 0 atom stereocenters. The van der Waals surface area contributed by atoms with Gasteiger partial charge in [0.05, 0.1) is 17.2 Å². The molecule has 2 N–H and O–H groups in total. The summed E-state index contributed by atoms with van der Waals surface area (Å²) in [4.78, 5) is 11.9. The highest BCUT2D eigenvalue weighted by Crippen LogP contribution is 2.21. The summed E-state index contributed by atoms with van der Waals surface area (Å²) in [6.07, 6.45) is 0.885. The molecule has 0 aliphatic carbocycles. The zero-order valence-corrected chi connectivity index (χ0v) is 17.9. The Kier molecular flexibility index (Phi) is 9.54. The highest BCUT2D eigenvalue weighted by Gasteiger charge is 2.12. The van der Waals surface area contributed by atoms with Crippen LogP contribution in [0.3, 0.4) is 0 Å². The number of esters is 1. The van der Waals surface area contributed by atoms with Gasteiger partial charge >= 0.3 is 5.97 Å². The average Bonchev–Trinajstić information content (AvgIpc) is 2.67. The molecule has 0 amide bonds. The minimum absolute atomic E-state index is 0.163. The van der Waals surface area contributed by atoms with Crippen LogP contribution in [0.15, 0.2) is 42.5 Å². The Morgan fingerprint density at radius 1 is 1.29 bits per heavy atom. The van der Waals surface area contributed by atoms with E-state index in [-0.39, 0.29) is 12.4 Å². The fourth-order valence-electron chi connectivity index (χ4n) is 2.32. The van der Waals surface area contributed by atoms with Gasteiger partial charge in [-0.2, -0.15) is 11.8 Å². The predicted molar refractivity (Wildman–Crippen MR) is 119 cm³/mol. The molecule has 0 saturated heterocycles. The second-order valence-electron chi connectivity index (χ2n) is 5.79. The van der Waals surface area contributed by atoms with Gasteiger partial charge in [0.1, 0.15) is 5.82 Å². The van der Waals surface area contributed by atoms with Crippen LogP contribution in [0, 0.1) is 5.82 Å². The van der Waals surface area contributed by atoms with Crippen molar-refractivity contribution in [2.45, 2.75) is 19.1 Å². The molecule has 0 fully saturated rings. The Morgan fingerprint density at radius 3 is 2.82 bits per heavy atom. The molecule has 8 heteroatoms. The largest absolute Gasteiger partial charge is 0.462 e. The number of carbonyl (C=O) groups is 1. The van der Waals surface area contributed by atoms with Gasteiger partial charge in [0.15, 0.2) is 5.11 Å². The van der Waals surface area contributed by atoms with Gasteiger partial charge in [-0.1, -0.05) is 29.8 Å². The lowest BCUT2D eigenvalue weighted by Crippen LogP contribution is -2.29. The quantitative estimate of drug-likeness (QED) is 0.315. The van der Waals surface area contributed by atoms with E-state index in [1.807, 2.05) is 6.07 Å². The summed E-state index contributed by atoms with van der Waals surface area (Å²) in [5, 5.41) is 6.92. The number of thiocarbonyl (C=S) groups is 1. The number of thioether (sulfide) groups is 1. The molecule has 0 radical (unpaired) electrons. The van der Waals surface area contributed by atoms with Crippen molar-refractivity contribution < 1.29 is 13.9 Å². The molecule has 0 aliphatic rings. The topological polar surface area (TPSA) is 50.4 Å². The van der Waals surface area contributed by atoms with Gasteiger partial charge in [-0.25, -0.2) is 9.18 Å². The van der Waals surface area contributed by atoms with Gasteiger partial charge in [0.25, 0.3) is 0 Å². The van der Waals surface area contributed by atoms with Crippen molar-refractivity contribution in [2.24, 2.45) is 0 Å². The van der Waals surface area contributed by atoms with E-state index in [0.717, 1.165) is 17.7 Å². The maximum absolute atomic E-state index is 13.5. The van der Waals surface area contributed by atoms with Crippen LogP contribution in [0.5, 0.6) is 0 Å². The third-order valence-corrected chi connectivity index (χ3v) is 5.35. The van der Waals surface area contributed by atoms with E-state index >= 15 is 0 Å². The van der Waals surface area contributed by atoms with Crippen molar-refractivity contribution >= 4 is 52.3 Å². The molecule has 0 aromatic heterocycles. The third kappa shape index (κ3) is 7.30. The predicted octanol–water partition coefficient (Wildman–Crippen LogP) is 5.27. The highest BCUT2D eigenvalue weighted by molar-refractivity contribution is 7.98. The molecule has 0 heterocycles. The molecule has 0 aliphatic heterocycles. The van der Waals surface area contributed by atoms with Crippen molar-refractivity contribution in [3.8, 4) is 0 Å². The summed E-state index contributed by atoms with van der Waals surface area (Å²) in [7, 11) is 0. The molecule has 0 spiro atoms. The Balaban J connectivity index is 1.70. The molecular weight excluding hydrogens is 419 g/mol. The van der Waals surface area contributed by atoms with Crippen LogP contribution < -0.4 is 10.6 Å². The van der Waals surface area contributed by atoms with Crippen LogP contribution in [0.25, 0.3) is 0 Å². The minimum atomic E-state index is -0.470. The first-order valence-electron chi connectivity index (χ1n) is 8.84. The molecule has 2 aromatic carbocycles. The molecule has 0 bridgehead atoms. The van der Waals surface area contributed by atoms with Crippen LogP contribution in [0.2, 0.25) is 5.02 Å². The number of halogens is 2. The molecule has 0 unspecified atom stereocenters. The molecule has 0 saturated carbocycles. The minimum Gasteiger partial charge on any atom is -0.462 e. The van der Waals surface area contributed by atoms with E-state index < -0.39 is 5.97 Å². The number of rotatable bonds is 9. The second-order valence-corrected chi connectivity index (χ2v) is 7.71. The number of ether oxygens (including phenoxy) is 1. The van der Waals surface area contributed by atoms with Crippen LogP contribution in [-0.4, -0.2) is 30.0 Å². The lowest BCUT2D eigenvalue weighted by molar-refractivity contribution is 0.0526. The standard InChI is InChI=1S/C20H22ClFN2O2S2/c1-2-26-19(25)16-12-15(8-9-17(16)21)24-20(27)23-10-5-11-28-13-14-6-3-4-7-18(14)22/h3-4,6-9,12H,2,5,10-11,13H2,1H3,(H2,23,24,27). The van der Waals surface area contributed by atoms with E-state index in [0.29, 0.717) is 33.7 Å². The monoisotopic (exact) mass is 440 g/mol. The van der Waals surface area contributed by atoms with Gasteiger partial charge in [0.2, 0.25) is 0 Å². The van der Waals surface area contributed by atoms with E-state index in [1.165, 1.54) is 6.07 Å². The van der Waals surface area contributed by atoms with Crippen LogP contribution in [0.1, 0.15) is 29.3 Å². The van der Waals surface area contributed by atoms with E-state index in [9.17, 15) is 9.18 Å². The van der Waals surface area contributed by atoms with Crippen molar-refractivity contribution in [3.63, 3.8) is 0 Å². The van der Waals surface area contributed by atoms with E-state index in [4.69, 9.17) is 28.6 Å². The first kappa shape index (κ1) is 22.5. The van der Waals surface area contributed by atoms with Gasteiger partial charge in [-0.15, -0.1) is 0 Å². The molecule has 28 heavy (non-hydrogen) atoms. The van der Waals surface area contributed by atoms with Crippen molar-refractivity contribution in [1.29, 1.82) is 0 Å². The Bertz CT molecular complexity index is 821. The Morgan fingerprint density at radius 2 is 2.07 bits per heavy atom. The number of hydrogen-bond acceptors (Lipinski definition) is 4. The van der Waals surface area contributed by atoms with Crippen LogP contribution in [0.4, 0.5) is 10.1 Å². The van der Waals surface area contributed by atoms with Crippen molar-refractivity contribution in [3.05, 3.63) is 64.4 Å². The van der Waals surface area contributed by atoms with E-state index in [1.54, 1.807) is 49.0 Å². The normalized spacial score (nSPS) is 10.4. The van der Waals surface area contributed by atoms with Gasteiger partial charge in [-0.05, 0) is 61.1 Å². The summed E-state index contributed by atoms with van der Waals surface area (Å²) in [5.41, 5.74) is 1.66. The summed E-state index contributed by atoms with van der Waals surface area (Å²) >= 11 is 13.0. The summed E-state index contributed by atoms with van der Waals surface area (Å²) in [6.45, 7) is 2.71. The lowest BCUT2D eigenvalue weighted by atomic mass is 10.2. The molecule has 2 aromatic rings. The number of hydrogen-bond donors (Lipinski definition) is 2. The second kappa shape index (κ2) is 11.9. The van der Waals surface area contributed by atoms with Crippen LogP contribution in [-0.2, 0) is 10.5 Å². The zero-order chi connectivity index (χ0) is 20.4. The highest BCUT2D eigenvalue weighted by atomic mass is 35.5. The SMILES string of the molecule is CCOC(=O)c1cc(NC(=S)NCCCSCc2ccccc2F)ccc1Cl. The average molecular weight is 441 g/mol. The van der Waals surface area contributed by atoms with Crippen molar-refractivity contribution in [2.75, 3.05) is 24.2 Å². The summed E-state index contributed by atoms with van der Waals surface area (Å²) in [6, 6.07) is 11.8. The first-order chi connectivity index (χ1) is 13.5. The van der Waals surface area contributed by atoms with Gasteiger partial charge in [-0.3, -0.25) is 0 Å². The molecule has 4 nitrogen and oxygen atoms in total. The van der Waals surface area contributed by atoms with Gasteiger partial charge < -0.3 is 15.4 Å². The third-order valence-electron chi connectivity index (χ3n) is 3.69. The fourth-order valence-corrected chi connectivity index (χ4v) is 3.68. The molecule has 2 rings (SSSR count). The van der Waals surface area contributed by atoms with Crippen LogP contribution >= 0.6 is 35.6 Å². The number of nitrogens with one attached hydrogen (secondary N) is 2. The molecular formula is C20H22ClFN2O2S2. The molecule has 150 valence electrons. The number of carbonyl (C=O) groups excluding carboxylic acids is 1. The number of benzene rings is 2. The fraction of sp³-hybridized carbons (Fsp3) is 0.300. The summed E-state index contributed by atoms with van der Waals surface area (Å²) in [5.74, 6) is 0.903.